The van der Waals surface area contributed by atoms with Crippen molar-refractivity contribution in [2.75, 3.05) is 0 Å². The number of benzene rings is 7. The third kappa shape index (κ3) is 4.78. The van der Waals surface area contributed by atoms with E-state index in [1.807, 2.05) is 18.2 Å². The summed E-state index contributed by atoms with van der Waals surface area (Å²) in [5, 5.41) is 4.86. The molecule has 0 atom stereocenters. The third-order valence-electron chi connectivity index (χ3n) is 10.6. The van der Waals surface area contributed by atoms with Gasteiger partial charge < -0.3 is 4.42 Å². The Morgan fingerprint density at radius 1 is 0.423 bits per heavy atom. The van der Waals surface area contributed by atoms with Crippen molar-refractivity contribution in [3.63, 3.8) is 0 Å². The van der Waals surface area contributed by atoms with E-state index in [0.717, 1.165) is 55.3 Å². The van der Waals surface area contributed by atoms with Gasteiger partial charge in [-0.15, -0.1) is 0 Å². The predicted molar refractivity (Wildman–Crippen MR) is 216 cm³/mol. The van der Waals surface area contributed by atoms with E-state index in [2.05, 4.69) is 159 Å². The molecule has 0 fully saturated rings. The molecule has 3 heterocycles. The second-order valence-electron chi connectivity index (χ2n) is 14.0. The van der Waals surface area contributed by atoms with Crippen LogP contribution in [0.15, 0.2) is 168 Å². The van der Waals surface area contributed by atoms with Crippen LogP contribution in [0.3, 0.4) is 0 Å². The molecule has 2 aromatic heterocycles. The number of hydrogen-bond donors (Lipinski definition) is 0. The summed E-state index contributed by atoms with van der Waals surface area (Å²) in [5.41, 5.74) is 11.6. The Morgan fingerprint density at radius 2 is 0.962 bits per heavy atom. The van der Waals surface area contributed by atoms with Crippen LogP contribution in [0.5, 0.6) is 0 Å². The molecule has 0 saturated heterocycles. The van der Waals surface area contributed by atoms with Crippen LogP contribution in [0, 0.1) is 0 Å². The molecule has 0 spiro atoms. The smallest absolute Gasteiger partial charge is 0.164 e. The molecule has 10 rings (SSSR count). The van der Waals surface area contributed by atoms with Crippen molar-refractivity contribution < 1.29 is 4.42 Å². The van der Waals surface area contributed by atoms with Gasteiger partial charge in [-0.3, -0.25) is 0 Å². The quantitative estimate of drug-likeness (QED) is 0.169. The largest absolute Gasteiger partial charge is 0.455 e. The SMILES string of the molecule is C[Si]1(C)c2ccccc2-c2c1cc(-c1nc(-c3ccc(-c4ccccc4)cc3)nc(-c3ccccc3-c3ccccc3)n1)c1c2oc2ccccc21. The van der Waals surface area contributed by atoms with Crippen LogP contribution in [0.1, 0.15) is 0 Å². The van der Waals surface area contributed by atoms with Crippen molar-refractivity contribution in [1.29, 1.82) is 0 Å². The molecule has 1 aliphatic heterocycles. The molecular weight excluding hydrogens is 651 g/mol. The zero-order chi connectivity index (χ0) is 34.8. The standard InChI is InChI=1S/C47H33N3OSi/c1-52(2)40-24-14-12-22-37(40)43-41(52)29-38(42-36-21-11-13-23-39(36)51-44(42)43)47-49-45(33-27-25-31(26-28-33)30-15-5-3-6-16-30)48-46(50-47)35-20-10-9-19-34(35)32-17-7-4-8-18-32/h3-29H,1-2H3. The third-order valence-corrected chi connectivity index (χ3v) is 14.1. The summed E-state index contributed by atoms with van der Waals surface area (Å²) in [7, 11) is -2.09. The Hall–Kier alpha value is -6.43. The minimum absolute atomic E-state index is 0.628. The fourth-order valence-electron chi connectivity index (χ4n) is 7.96. The molecule has 7 aromatic carbocycles. The zero-order valence-electron chi connectivity index (χ0n) is 28.8. The number of nitrogens with zero attached hydrogens (tertiary/aromatic N) is 3. The van der Waals surface area contributed by atoms with Crippen molar-refractivity contribution in [3.8, 4) is 67.5 Å². The molecule has 4 nitrogen and oxygen atoms in total. The molecular formula is C47H33N3OSi. The molecule has 0 aliphatic carbocycles. The number of rotatable bonds is 5. The summed E-state index contributed by atoms with van der Waals surface area (Å²) in [6.45, 7) is 4.87. The van der Waals surface area contributed by atoms with Gasteiger partial charge in [0.05, 0.1) is 0 Å². The van der Waals surface area contributed by atoms with E-state index >= 15 is 0 Å². The monoisotopic (exact) mass is 683 g/mol. The number of para-hydroxylation sites is 1. The van der Waals surface area contributed by atoms with Crippen LogP contribution in [-0.4, -0.2) is 23.0 Å². The van der Waals surface area contributed by atoms with Crippen LogP contribution in [0.4, 0.5) is 0 Å². The van der Waals surface area contributed by atoms with Gasteiger partial charge in [0.1, 0.15) is 19.2 Å². The maximum atomic E-state index is 6.82. The normalized spacial score (nSPS) is 13.0. The zero-order valence-corrected chi connectivity index (χ0v) is 29.8. The molecule has 0 saturated carbocycles. The second kappa shape index (κ2) is 11.8. The molecule has 0 unspecified atom stereocenters. The van der Waals surface area contributed by atoms with Crippen LogP contribution < -0.4 is 10.4 Å². The minimum atomic E-state index is -2.09. The van der Waals surface area contributed by atoms with Gasteiger partial charge in [0.25, 0.3) is 0 Å². The maximum Gasteiger partial charge on any atom is 0.164 e. The van der Waals surface area contributed by atoms with Crippen LogP contribution in [0.25, 0.3) is 89.5 Å². The first-order valence-corrected chi connectivity index (χ1v) is 20.7. The first-order valence-electron chi connectivity index (χ1n) is 17.7. The van der Waals surface area contributed by atoms with Crippen molar-refractivity contribution in [2.45, 2.75) is 13.1 Å². The first kappa shape index (κ1) is 30.4. The molecule has 9 aromatic rings. The van der Waals surface area contributed by atoms with Crippen molar-refractivity contribution >= 4 is 40.4 Å². The minimum Gasteiger partial charge on any atom is -0.455 e. The lowest BCUT2D eigenvalue weighted by molar-refractivity contribution is 0.670. The molecule has 5 heteroatoms. The van der Waals surface area contributed by atoms with E-state index in [1.165, 1.54) is 27.1 Å². The Bertz CT molecular complexity index is 2810. The molecule has 1 aliphatic rings. The second-order valence-corrected chi connectivity index (χ2v) is 18.3. The molecule has 0 radical (unpaired) electrons. The number of fused-ring (bicyclic) bond motifs is 7. The lowest BCUT2D eigenvalue weighted by Crippen LogP contribution is -2.49. The highest BCUT2D eigenvalue weighted by molar-refractivity contribution is 7.04. The lowest BCUT2D eigenvalue weighted by Gasteiger charge is -2.19. The highest BCUT2D eigenvalue weighted by Crippen LogP contribution is 2.44. The van der Waals surface area contributed by atoms with Gasteiger partial charge in [-0.25, -0.2) is 15.0 Å². The van der Waals surface area contributed by atoms with Crippen molar-refractivity contribution in [1.82, 2.24) is 15.0 Å². The fraction of sp³-hybridized carbons (Fsp3) is 0.0426. The van der Waals surface area contributed by atoms with E-state index < -0.39 is 8.07 Å². The lowest BCUT2D eigenvalue weighted by atomic mass is 9.97. The summed E-state index contributed by atoms with van der Waals surface area (Å²) in [4.78, 5) is 15.9. The van der Waals surface area contributed by atoms with E-state index in [-0.39, 0.29) is 0 Å². The Kier molecular flexibility index (Phi) is 6.91. The van der Waals surface area contributed by atoms with Gasteiger partial charge in [-0.05, 0) is 50.3 Å². The van der Waals surface area contributed by atoms with Crippen LogP contribution in [0.2, 0.25) is 13.1 Å². The summed E-state index contributed by atoms with van der Waals surface area (Å²) in [6.07, 6.45) is 0. The van der Waals surface area contributed by atoms with E-state index in [9.17, 15) is 0 Å². The van der Waals surface area contributed by atoms with Crippen molar-refractivity contribution in [3.05, 3.63) is 164 Å². The summed E-state index contributed by atoms with van der Waals surface area (Å²) < 4.78 is 6.82. The van der Waals surface area contributed by atoms with Gasteiger partial charge in [0, 0.05) is 33.0 Å². The van der Waals surface area contributed by atoms with Gasteiger partial charge in [0.2, 0.25) is 0 Å². The summed E-state index contributed by atoms with van der Waals surface area (Å²) in [6, 6.07) is 57.4. The van der Waals surface area contributed by atoms with Crippen molar-refractivity contribution in [2.24, 2.45) is 0 Å². The predicted octanol–water partition coefficient (Wildman–Crippen LogP) is 10.9. The van der Waals surface area contributed by atoms with E-state index in [0.29, 0.717) is 17.5 Å². The Balaban J connectivity index is 1.26. The molecule has 0 N–H and O–H groups in total. The van der Waals surface area contributed by atoms with E-state index in [4.69, 9.17) is 19.4 Å². The summed E-state index contributed by atoms with van der Waals surface area (Å²) >= 11 is 0. The maximum absolute atomic E-state index is 6.82. The van der Waals surface area contributed by atoms with Crippen LogP contribution in [-0.2, 0) is 0 Å². The highest BCUT2D eigenvalue weighted by Gasteiger charge is 2.40. The van der Waals surface area contributed by atoms with Gasteiger partial charge >= 0.3 is 0 Å². The average molecular weight is 684 g/mol. The van der Waals surface area contributed by atoms with Gasteiger partial charge in [0.15, 0.2) is 17.5 Å². The molecule has 246 valence electrons. The van der Waals surface area contributed by atoms with Crippen LogP contribution >= 0.6 is 0 Å². The fourth-order valence-corrected chi connectivity index (χ4v) is 11.0. The van der Waals surface area contributed by atoms with Gasteiger partial charge in [-0.2, -0.15) is 0 Å². The molecule has 0 bridgehead atoms. The molecule has 0 amide bonds. The van der Waals surface area contributed by atoms with E-state index in [1.54, 1.807) is 0 Å². The first-order chi connectivity index (χ1) is 25.5. The number of furan rings is 1. The van der Waals surface area contributed by atoms with Gasteiger partial charge in [-0.1, -0.05) is 165 Å². The summed E-state index contributed by atoms with van der Waals surface area (Å²) in [5.74, 6) is 1.90. The number of hydrogen-bond acceptors (Lipinski definition) is 4. The molecule has 52 heavy (non-hydrogen) atoms. The average Bonchev–Trinajstić information content (AvgIpc) is 3.70. The Labute approximate surface area is 303 Å². The highest BCUT2D eigenvalue weighted by atomic mass is 28.3. The topological polar surface area (TPSA) is 51.8 Å². The Morgan fingerprint density at radius 3 is 1.71 bits per heavy atom. The number of aromatic nitrogens is 3.